The highest BCUT2D eigenvalue weighted by Gasteiger charge is 2.74. The molecule has 14 heterocycles. The van der Waals surface area contributed by atoms with Crippen molar-refractivity contribution in [2.75, 3.05) is 52.4 Å². The minimum absolute atomic E-state index is 0.0576. The van der Waals surface area contributed by atoms with Gasteiger partial charge in [0.15, 0.2) is 0 Å². The van der Waals surface area contributed by atoms with Crippen LogP contribution in [0.4, 0.5) is 0 Å². The molecule has 10 aliphatic heterocycles. The fourth-order valence-electron chi connectivity index (χ4n) is 21.1. The summed E-state index contributed by atoms with van der Waals surface area (Å²) in [5, 5.41) is 59.7. The van der Waals surface area contributed by atoms with Crippen LogP contribution < -0.4 is 0 Å². The van der Waals surface area contributed by atoms with Crippen molar-refractivity contribution in [3.05, 3.63) is 121 Å². The summed E-state index contributed by atoms with van der Waals surface area (Å²) < 4.78 is 16.3. The van der Waals surface area contributed by atoms with Crippen LogP contribution in [-0.2, 0) is 9.47 Å². The summed E-state index contributed by atoms with van der Waals surface area (Å²) in [6.07, 6.45) is 30.7. The van der Waals surface area contributed by atoms with Crippen LogP contribution in [0.25, 0.3) is 54.8 Å². The number of benzene rings is 2. The molecular formula is C72H88N8O6. The second-order valence-corrected chi connectivity index (χ2v) is 28.9. The predicted molar refractivity (Wildman–Crippen MR) is 337 cm³/mol. The number of pyridine rings is 2. The number of nitrogens with one attached hydrogen (secondary N) is 2. The summed E-state index contributed by atoms with van der Waals surface area (Å²) in [5.74, 6) is 0.123. The van der Waals surface area contributed by atoms with Gasteiger partial charge in [-0.1, -0.05) is 60.7 Å². The Kier molecular flexibility index (Phi) is 13.3. The lowest BCUT2D eigenvalue weighted by atomic mass is 9.54. The number of hydrogen-bond acceptors (Lipinski definition) is 12. The fraction of sp³-hybridized carbons (Fsp3) is 0.583. The van der Waals surface area contributed by atoms with E-state index in [9.17, 15) is 20.4 Å². The number of rotatable bonds is 2. The van der Waals surface area contributed by atoms with Crippen molar-refractivity contribution in [1.29, 1.82) is 0 Å². The van der Waals surface area contributed by atoms with E-state index in [1.165, 1.54) is 10.8 Å². The summed E-state index contributed by atoms with van der Waals surface area (Å²) in [4.78, 5) is 28.9. The smallest absolute Gasteiger partial charge is 0.123 e. The number of hydrogen-bond donors (Lipinski definition) is 6. The Morgan fingerprint density at radius 1 is 0.477 bits per heavy atom. The number of para-hydroxylation sites is 2. The molecule has 8 fully saturated rings. The summed E-state index contributed by atoms with van der Waals surface area (Å²) >= 11 is 0. The molecule has 6 N–H and O–H groups in total. The third kappa shape index (κ3) is 8.39. The first-order chi connectivity index (χ1) is 42.0. The molecule has 18 rings (SSSR count). The molecule has 0 amide bonds. The highest BCUT2D eigenvalue weighted by molar-refractivity contribution is 6.11. The first-order valence-corrected chi connectivity index (χ1v) is 33.6. The van der Waals surface area contributed by atoms with Crippen LogP contribution >= 0.6 is 0 Å². The molecule has 2 aliphatic carbocycles. The van der Waals surface area contributed by atoms with E-state index in [-0.39, 0.29) is 23.9 Å². The SMILES string of the molecule is OC1CC[C@]23C[C@]45CN6CCCC/C=C\CC[C@](O)(C=C(c7nccc8c7[nH]c7ccccc78)[C@@H]4CC6)[C@@H]5N2CCC1O[C@@]12CC[C@@H](O3)[C@@H](O)CCN1[C@@H]1[C@]3(CN4CCCC/C=C/CC[C@]1(O)C=C(c1nccc5c1[nH]c1ccccc15)[C@@H]3CC4)C2. The number of aliphatic hydroxyl groups excluding tert-OH is 2. The minimum atomic E-state index is -1.28. The Morgan fingerprint density at radius 3 is 1.50 bits per heavy atom. The quantitative estimate of drug-likeness (QED) is 0.0909. The van der Waals surface area contributed by atoms with E-state index in [0.29, 0.717) is 77.3 Å². The second kappa shape index (κ2) is 20.7. The Hall–Kier alpha value is -5.10. The number of aromatic amines is 2. The molecule has 4 aromatic heterocycles. The van der Waals surface area contributed by atoms with Crippen LogP contribution in [0.5, 0.6) is 0 Å². The summed E-state index contributed by atoms with van der Waals surface area (Å²) in [6.45, 7) is 6.66. The lowest BCUT2D eigenvalue weighted by molar-refractivity contribution is -0.223. The van der Waals surface area contributed by atoms with Crippen molar-refractivity contribution in [2.24, 2.45) is 22.7 Å². The second-order valence-electron chi connectivity index (χ2n) is 28.9. The topological polar surface area (TPSA) is 170 Å². The van der Waals surface area contributed by atoms with Gasteiger partial charge in [-0.25, -0.2) is 0 Å². The van der Waals surface area contributed by atoms with Crippen LogP contribution in [-0.4, -0.2) is 171 Å². The summed E-state index contributed by atoms with van der Waals surface area (Å²) in [7, 11) is 0. The molecule has 14 nitrogen and oxygen atoms in total. The van der Waals surface area contributed by atoms with E-state index in [1.54, 1.807) is 0 Å². The molecule has 14 heteroatoms. The Morgan fingerprint density at radius 2 is 0.953 bits per heavy atom. The van der Waals surface area contributed by atoms with E-state index in [0.717, 1.165) is 159 Å². The van der Waals surface area contributed by atoms with E-state index in [1.807, 2.05) is 12.4 Å². The van der Waals surface area contributed by atoms with E-state index >= 15 is 0 Å². The maximum Gasteiger partial charge on any atom is 0.123 e. The first-order valence-electron chi connectivity index (χ1n) is 33.6. The normalized spacial score (nSPS) is 42.0. The predicted octanol–water partition coefficient (Wildman–Crippen LogP) is 10.8. The van der Waals surface area contributed by atoms with Crippen molar-refractivity contribution >= 4 is 54.8 Å². The standard InChI is InChI=1S/C72H88N8O6/c81-57-21-31-71-43-67-45-77-35-15-7-4-2-6-14-30-70(84,42-52(53(67)25-37-77)62-64-50(24-34-74-62)48-18-10-12-20-56(48)76-64)66(67)80(71)40-28-60(57)86-72-32-22-59(85-71)58(82)27-39-79(72)65-68(44-72)46-78-36-16-8-3-1-5-13-29-69(65,83)41-51(54(68)26-38-78)61-63-49(23-33-73-61)47-17-9-11-19-55(47)75-63/h1-2,5-6,9-12,17-20,23-24,33-34,41-42,53-54,57-60,65-66,75-76,81-84H,3-4,7-8,13-16,21-22,25-32,35-40,43-46H2/b5-1+,6-2-/t53-,54-,57?,58-,59+,60?,65+,66+,67-,68-,69-,70-,71-,72+/m0/s1. The number of nitrogens with zero attached hydrogens (tertiary/aromatic N) is 6. The van der Waals surface area contributed by atoms with Crippen LogP contribution in [0.1, 0.15) is 140 Å². The molecule has 2 aromatic carbocycles. The molecule has 6 aromatic rings. The van der Waals surface area contributed by atoms with Crippen LogP contribution in [0.3, 0.4) is 0 Å². The zero-order valence-corrected chi connectivity index (χ0v) is 50.1. The number of H-pyrrole nitrogens is 2. The number of piperidine rings is 2. The van der Waals surface area contributed by atoms with E-state index in [2.05, 4.69) is 127 Å². The Bertz CT molecular complexity index is 3740. The van der Waals surface area contributed by atoms with Gasteiger partial charge in [0, 0.05) is 82.0 Å². The largest absolute Gasteiger partial charge is 0.390 e. The molecule has 4 spiro atoms. The van der Waals surface area contributed by atoms with Crippen molar-refractivity contribution < 1.29 is 29.9 Å². The number of aromatic nitrogens is 4. The molecule has 16 atom stereocenters. The van der Waals surface area contributed by atoms with Gasteiger partial charge in [-0.15, -0.1) is 0 Å². The van der Waals surface area contributed by atoms with Crippen LogP contribution in [0.2, 0.25) is 0 Å². The molecule has 86 heavy (non-hydrogen) atoms. The molecule has 12 aliphatic rings. The first kappa shape index (κ1) is 55.0. The van der Waals surface area contributed by atoms with E-state index < -0.39 is 57.9 Å². The molecule has 4 unspecified atom stereocenters. The number of aliphatic hydroxyl groups is 4. The van der Waals surface area contributed by atoms with Gasteiger partial charge in [0.1, 0.15) is 11.4 Å². The summed E-state index contributed by atoms with van der Waals surface area (Å²) in [6, 6.07) is 20.7. The van der Waals surface area contributed by atoms with Crippen molar-refractivity contribution in [3.8, 4) is 0 Å². The van der Waals surface area contributed by atoms with Gasteiger partial charge in [0.05, 0.1) is 70.1 Å². The average Bonchev–Trinajstić information content (AvgIpc) is 1.50. The fourth-order valence-corrected chi connectivity index (χ4v) is 21.1. The molecular weight excluding hydrogens is 1070 g/mol. The van der Waals surface area contributed by atoms with Gasteiger partial charge in [0.25, 0.3) is 0 Å². The zero-order valence-electron chi connectivity index (χ0n) is 50.1. The molecule has 0 radical (unpaired) electrons. The van der Waals surface area contributed by atoms with Gasteiger partial charge in [0.2, 0.25) is 0 Å². The van der Waals surface area contributed by atoms with Gasteiger partial charge in [-0.3, -0.25) is 19.8 Å². The van der Waals surface area contributed by atoms with Crippen LogP contribution in [0.15, 0.2) is 110 Å². The Balaban J connectivity index is 0.805. The van der Waals surface area contributed by atoms with E-state index in [4.69, 9.17) is 19.4 Å². The molecule has 8 saturated heterocycles. The van der Waals surface area contributed by atoms with Crippen molar-refractivity contribution in [1.82, 2.24) is 39.5 Å². The average molecular weight is 1160 g/mol. The maximum absolute atomic E-state index is 14.4. The highest BCUT2D eigenvalue weighted by atomic mass is 16.6. The third-order valence-corrected chi connectivity index (χ3v) is 24.3. The lowest BCUT2D eigenvalue weighted by Gasteiger charge is -2.58. The Labute approximate surface area is 505 Å². The van der Waals surface area contributed by atoms with Crippen molar-refractivity contribution in [2.45, 2.75) is 188 Å². The highest BCUT2D eigenvalue weighted by Crippen LogP contribution is 2.68. The summed E-state index contributed by atoms with van der Waals surface area (Å²) in [5.41, 5.74) is 3.10. The van der Waals surface area contributed by atoms with Crippen LogP contribution in [0, 0.1) is 22.7 Å². The maximum atomic E-state index is 14.4. The monoisotopic (exact) mass is 1160 g/mol. The van der Waals surface area contributed by atoms with Gasteiger partial charge in [-0.05, 0) is 214 Å². The minimum Gasteiger partial charge on any atom is -0.390 e. The number of ether oxygens (including phenoxy) is 2. The lowest BCUT2D eigenvalue weighted by Crippen LogP contribution is -2.66. The van der Waals surface area contributed by atoms with Gasteiger partial charge in [-0.2, -0.15) is 0 Å². The molecule has 0 saturated carbocycles. The third-order valence-electron chi connectivity index (χ3n) is 24.3. The molecule has 10 bridgehead atoms. The van der Waals surface area contributed by atoms with Crippen molar-refractivity contribution in [3.63, 3.8) is 0 Å². The molecule has 452 valence electrons. The number of allylic oxidation sites excluding steroid dienone is 6. The number of fused-ring (bicyclic) bond motifs is 11. The van der Waals surface area contributed by atoms with Gasteiger partial charge >= 0.3 is 0 Å². The zero-order chi connectivity index (χ0) is 57.6. The van der Waals surface area contributed by atoms with Gasteiger partial charge < -0.3 is 49.7 Å².